The van der Waals surface area contributed by atoms with E-state index in [1.54, 1.807) is 0 Å². The van der Waals surface area contributed by atoms with E-state index in [4.69, 9.17) is 11.2 Å². The molecule has 0 bridgehead atoms. The minimum atomic E-state index is 0.0960. The zero-order valence-electron chi connectivity index (χ0n) is 8.36. The molecule has 1 atom stereocenters. The number of para-hydroxylation sites is 1. The molecule has 0 aliphatic heterocycles. The number of rotatable bonds is 5. The van der Waals surface area contributed by atoms with Crippen molar-refractivity contribution in [2.45, 2.75) is 12.5 Å². The predicted molar refractivity (Wildman–Crippen MR) is 58.2 cm³/mol. The van der Waals surface area contributed by atoms with Crippen molar-refractivity contribution in [2.75, 3.05) is 13.7 Å². The van der Waals surface area contributed by atoms with Gasteiger partial charge in [-0.15, -0.1) is 6.42 Å². The largest absolute Gasteiger partial charge is 0.494 e. The molecule has 0 aliphatic rings. The Bertz CT molecular complexity index is 289. The van der Waals surface area contributed by atoms with E-state index < -0.39 is 0 Å². The van der Waals surface area contributed by atoms with Crippen molar-refractivity contribution in [1.29, 1.82) is 0 Å². The van der Waals surface area contributed by atoms with Gasteiger partial charge >= 0.3 is 0 Å². The number of hydrogen-bond donors (Lipinski definition) is 1. The van der Waals surface area contributed by atoms with Crippen LogP contribution in [0.25, 0.3) is 0 Å². The molecule has 0 saturated heterocycles. The maximum atomic E-state index is 5.50. The summed E-state index contributed by atoms with van der Waals surface area (Å²) in [7, 11) is 1.85. The third-order valence-corrected chi connectivity index (χ3v) is 1.97. The number of terminal acetylenes is 1. The Morgan fingerprint density at radius 3 is 2.71 bits per heavy atom. The van der Waals surface area contributed by atoms with Gasteiger partial charge in [-0.1, -0.05) is 24.1 Å². The average molecular weight is 189 g/mol. The monoisotopic (exact) mass is 189 g/mol. The first-order valence-electron chi connectivity index (χ1n) is 4.68. The lowest BCUT2D eigenvalue weighted by Gasteiger charge is -2.10. The van der Waals surface area contributed by atoms with Gasteiger partial charge in [0.05, 0.1) is 12.6 Å². The van der Waals surface area contributed by atoms with Crippen molar-refractivity contribution >= 4 is 0 Å². The molecular weight excluding hydrogens is 174 g/mol. The Morgan fingerprint density at radius 2 is 2.14 bits per heavy atom. The zero-order chi connectivity index (χ0) is 10.2. The first kappa shape index (κ1) is 10.6. The topological polar surface area (TPSA) is 21.3 Å². The molecule has 1 N–H and O–H groups in total. The lowest BCUT2D eigenvalue weighted by Crippen LogP contribution is -2.25. The van der Waals surface area contributed by atoms with Gasteiger partial charge in [0.15, 0.2) is 0 Å². The zero-order valence-corrected chi connectivity index (χ0v) is 8.36. The van der Waals surface area contributed by atoms with Crippen molar-refractivity contribution in [3.05, 3.63) is 30.3 Å². The molecule has 1 aromatic rings. The normalized spacial score (nSPS) is 11.7. The molecule has 0 spiro atoms. The Labute approximate surface area is 85.3 Å². The average Bonchev–Trinajstić information content (AvgIpc) is 2.26. The third-order valence-electron chi connectivity index (χ3n) is 1.97. The van der Waals surface area contributed by atoms with Crippen LogP contribution in [0.2, 0.25) is 0 Å². The second-order valence-corrected chi connectivity index (χ2v) is 2.96. The van der Waals surface area contributed by atoms with Crippen LogP contribution in [0.5, 0.6) is 5.75 Å². The summed E-state index contributed by atoms with van der Waals surface area (Å²) >= 11 is 0. The number of ether oxygens (including phenoxy) is 1. The van der Waals surface area contributed by atoms with Crippen molar-refractivity contribution in [1.82, 2.24) is 5.32 Å². The smallest absolute Gasteiger partial charge is 0.119 e. The van der Waals surface area contributed by atoms with Crippen LogP contribution in [0.3, 0.4) is 0 Å². The quantitative estimate of drug-likeness (QED) is 0.711. The van der Waals surface area contributed by atoms with Gasteiger partial charge in [0.2, 0.25) is 0 Å². The van der Waals surface area contributed by atoms with Crippen LogP contribution in [-0.2, 0) is 0 Å². The van der Waals surface area contributed by atoms with Crippen LogP contribution in [0.1, 0.15) is 6.42 Å². The van der Waals surface area contributed by atoms with E-state index in [0.717, 1.165) is 12.2 Å². The van der Waals surface area contributed by atoms with E-state index in [-0.39, 0.29) is 6.04 Å². The van der Waals surface area contributed by atoms with Crippen molar-refractivity contribution in [3.63, 3.8) is 0 Å². The Morgan fingerprint density at radius 1 is 1.43 bits per heavy atom. The van der Waals surface area contributed by atoms with Gasteiger partial charge in [0, 0.05) is 6.42 Å². The van der Waals surface area contributed by atoms with Gasteiger partial charge in [0.1, 0.15) is 5.75 Å². The molecule has 0 amide bonds. The molecular formula is C12H15NO. The van der Waals surface area contributed by atoms with Crippen LogP contribution in [0, 0.1) is 12.3 Å². The van der Waals surface area contributed by atoms with Crippen molar-refractivity contribution in [3.8, 4) is 18.1 Å². The molecule has 2 heteroatoms. The summed E-state index contributed by atoms with van der Waals surface area (Å²) < 4.78 is 5.50. The highest BCUT2D eigenvalue weighted by molar-refractivity contribution is 5.20. The first-order chi connectivity index (χ1) is 6.86. The van der Waals surface area contributed by atoms with Gasteiger partial charge < -0.3 is 10.1 Å². The Hall–Kier alpha value is -1.46. The van der Waals surface area contributed by atoms with Gasteiger partial charge in [-0.2, -0.15) is 0 Å². The fraction of sp³-hybridized carbons (Fsp3) is 0.333. The molecule has 0 radical (unpaired) electrons. The highest BCUT2D eigenvalue weighted by Crippen LogP contribution is 2.08. The van der Waals surface area contributed by atoms with Crippen LogP contribution in [0.4, 0.5) is 0 Å². The first-order valence-corrected chi connectivity index (χ1v) is 4.68. The van der Waals surface area contributed by atoms with E-state index in [1.165, 1.54) is 0 Å². The highest BCUT2D eigenvalue weighted by atomic mass is 16.5. The van der Waals surface area contributed by atoms with Crippen LogP contribution in [0.15, 0.2) is 30.3 Å². The van der Waals surface area contributed by atoms with E-state index in [9.17, 15) is 0 Å². The Balaban J connectivity index is 2.26. The molecule has 0 saturated carbocycles. The molecule has 1 aromatic carbocycles. The van der Waals surface area contributed by atoms with Crippen LogP contribution >= 0.6 is 0 Å². The van der Waals surface area contributed by atoms with Crippen molar-refractivity contribution in [2.24, 2.45) is 0 Å². The minimum Gasteiger partial charge on any atom is -0.494 e. The maximum Gasteiger partial charge on any atom is 0.119 e. The molecule has 74 valence electrons. The third kappa shape index (κ3) is 3.51. The second-order valence-electron chi connectivity index (χ2n) is 2.96. The van der Waals surface area contributed by atoms with Gasteiger partial charge in [-0.25, -0.2) is 0 Å². The summed E-state index contributed by atoms with van der Waals surface area (Å²) in [4.78, 5) is 0. The predicted octanol–water partition coefficient (Wildman–Crippen LogP) is 1.68. The molecule has 1 unspecified atom stereocenters. The van der Waals surface area contributed by atoms with E-state index in [0.29, 0.717) is 6.61 Å². The molecule has 0 aromatic heterocycles. The summed E-state index contributed by atoms with van der Waals surface area (Å²) in [6.07, 6.45) is 6.12. The van der Waals surface area contributed by atoms with Crippen LogP contribution < -0.4 is 10.1 Å². The number of hydrogen-bond acceptors (Lipinski definition) is 2. The van der Waals surface area contributed by atoms with Crippen LogP contribution in [-0.4, -0.2) is 19.7 Å². The summed E-state index contributed by atoms with van der Waals surface area (Å²) in [5, 5.41) is 3.02. The van der Waals surface area contributed by atoms with Gasteiger partial charge in [-0.3, -0.25) is 0 Å². The summed E-state index contributed by atoms with van der Waals surface area (Å²) in [5.74, 6) is 3.54. The molecule has 1 rings (SSSR count). The SMILES string of the molecule is C#CC(CCOc1ccccc1)NC. The lowest BCUT2D eigenvalue weighted by atomic mass is 10.2. The van der Waals surface area contributed by atoms with E-state index >= 15 is 0 Å². The van der Waals surface area contributed by atoms with E-state index in [2.05, 4.69) is 11.2 Å². The highest BCUT2D eigenvalue weighted by Gasteiger charge is 2.00. The fourth-order valence-corrected chi connectivity index (χ4v) is 1.12. The molecule has 2 nitrogen and oxygen atoms in total. The number of benzene rings is 1. The summed E-state index contributed by atoms with van der Waals surface area (Å²) in [6.45, 7) is 0.639. The fourth-order valence-electron chi connectivity index (χ4n) is 1.12. The lowest BCUT2D eigenvalue weighted by molar-refractivity contribution is 0.301. The molecule has 0 heterocycles. The van der Waals surface area contributed by atoms with E-state index in [1.807, 2.05) is 37.4 Å². The molecule has 0 aliphatic carbocycles. The Kier molecular flexibility index (Phi) is 4.60. The van der Waals surface area contributed by atoms with Gasteiger partial charge in [-0.05, 0) is 19.2 Å². The summed E-state index contributed by atoms with van der Waals surface area (Å²) in [6, 6.07) is 9.83. The minimum absolute atomic E-state index is 0.0960. The van der Waals surface area contributed by atoms with Crippen molar-refractivity contribution < 1.29 is 4.74 Å². The second kappa shape index (κ2) is 6.06. The maximum absolute atomic E-state index is 5.50. The molecule has 14 heavy (non-hydrogen) atoms. The molecule has 0 fully saturated rings. The van der Waals surface area contributed by atoms with Gasteiger partial charge in [0.25, 0.3) is 0 Å². The standard InChI is InChI=1S/C12H15NO/c1-3-11(13-2)9-10-14-12-7-5-4-6-8-12/h1,4-8,11,13H,9-10H2,2H3. The number of nitrogens with one attached hydrogen (secondary N) is 1. The summed E-state index contributed by atoms with van der Waals surface area (Å²) in [5.41, 5.74) is 0.